The van der Waals surface area contributed by atoms with Crippen LogP contribution in [0.3, 0.4) is 0 Å². The Hall–Kier alpha value is -2.27. The van der Waals surface area contributed by atoms with Crippen molar-refractivity contribution in [3.05, 3.63) is 69.1 Å². The van der Waals surface area contributed by atoms with Gasteiger partial charge in [-0.2, -0.15) is 0 Å². The number of nitrogens with zero attached hydrogens (tertiary/aromatic N) is 1. The van der Waals surface area contributed by atoms with E-state index in [0.29, 0.717) is 17.6 Å². The topological polar surface area (TPSA) is 57.2 Å². The number of pyridine rings is 1. The number of benzene rings is 2. The molecule has 0 fully saturated rings. The van der Waals surface area contributed by atoms with Crippen molar-refractivity contribution in [1.29, 1.82) is 0 Å². The fourth-order valence-corrected chi connectivity index (χ4v) is 3.00. The number of rotatable bonds is 3. The zero-order valence-electron chi connectivity index (χ0n) is 12.0. The number of nitrogens with two attached hydrogens (primary N) is 1. The third kappa shape index (κ3) is 2.72. The summed E-state index contributed by atoms with van der Waals surface area (Å²) < 4.78 is 7.69. The maximum atomic E-state index is 12.6. The van der Waals surface area contributed by atoms with Gasteiger partial charge in [0.05, 0.1) is 19.0 Å². The van der Waals surface area contributed by atoms with Crippen molar-refractivity contribution in [2.45, 2.75) is 6.54 Å². The predicted octanol–water partition coefficient (Wildman–Crippen LogP) is 3.40. The Bertz CT molecular complexity index is 886. The molecule has 3 aromatic rings. The minimum atomic E-state index is -0.0543. The molecule has 0 saturated carbocycles. The first-order valence-corrected chi connectivity index (χ1v) is 7.59. The lowest BCUT2D eigenvalue weighted by atomic mass is 10.1. The van der Waals surface area contributed by atoms with Crippen molar-refractivity contribution in [2.75, 3.05) is 12.8 Å². The maximum Gasteiger partial charge on any atom is 0.258 e. The second-order valence-corrected chi connectivity index (χ2v) is 5.92. The van der Waals surface area contributed by atoms with Crippen LogP contribution >= 0.6 is 15.9 Å². The van der Waals surface area contributed by atoms with E-state index in [4.69, 9.17) is 10.5 Å². The van der Waals surface area contributed by atoms with E-state index in [1.165, 1.54) is 0 Å². The molecule has 22 heavy (non-hydrogen) atoms. The average molecular weight is 359 g/mol. The lowest BCUT2D eigenvalue weighted by Gasteiger charge is -2.10. The molecule has 4 nitrogen and oxygen atoms in total. The molecule has 0 saturated heterocycles. The molecule has 0 spiro atoms. The highest BCUT2D eigenvalue weighted by Crippen LogP contribution is 2.23. The summed E-state index contributed by atoms with van der Waals surface area (Å²) >= 11 is 3.52. The van der Waals surface area contributed by atoms with Crippen LogP contribution in [-0.4, -0.2) is 11.7 Å². The van der Waals surface area contributed by atoms with Gasteiger partial charge in [0.25, 0.3) is 5.56 Å². The molecule has 1 heterocycles. The quantitative estimate of drug-likeness (QED) is 0.730. The number of fused-ring (bicyclic) bond motifs is 1. The van der Waals surface area contributed by atoms with Gasteiger partial charge in [0.1, 0.15) is 5.75 Å². The number of ether oxygens (including phenoxy) is 1. The Balaban J connectivity index is 2.06. The highest BCUT2D eigenvalue weighted by Gasteiger charge is 2.08. The van der Waals surface area contributed by atoms with E-state index < -0.39 is 0 Å². The van der Waals surface area contributed by atoms with Crippen LogP contribution in [-0.2, 0) is 6.54 Å². The molecule has 0 amide bonds. The molecule has 0 aliphatic carbocycles. The third-order valence-electron chi connectivity index (χ3n) is 3.57. The van der Waals surface area contributed by atoms with Crippen molar-refractivity contribution < 1.29 is 4.74 Å². The molecule has 0 unspecified atom stereocenters. The Kier molecular flexibility index (Phi) is 3.90. The summed E-state index contributed by atoms with van der Waals surface area (Å²) in [6.07, 6.45) is 1.81. The Morgan fingerprint density at radius 2 is 1.86 bits per heavy atom. The van der Waals surface area contributed by atoms with Crippen molar-refractivity contribution in [3.63, 3.8) is 0 Å². The highest BCUT2D eigenvalue weighted by molar-refractivity contribution is 9.10. The lowest BCUT2D eigenvalue weighted by Crippen LogP contribution is -2.20. The van der Waals surface area contributed by atoms with Gasteiger partial charge in [-0.05, 0) is 45.8 Å². The lowest BCUT2D eigenvalue weighted by molar-refractivity contribution is 0.414. The summed E-state index contributed by atoms with van der Waals surface area (Å²) in [7, 11) is 1.63. The normalized spacial score (nSPS) is 10.8. The average Bonchev–Trinajstić information content (AvgIpc) is 2.53. The molecule has 2 N–H and O–H groups in total. The third-order valence-corrected chi connectivity index (χ3v) is 4.21. The molecular weight excluding hydrogens is 344 g/mol. The van der Waals surface area contributed by atoms with E-state index in [1.807, 2.05) is 36.5 Å². The Morgan fingerprint density at radius 1 is 1.14 bits per heavy atom. The molecule has 0 atom stereocenters. The molecule has 0 bridgehead atoms. The zero-order valence-corrected chi connectivity index (χ0v) is 13.6. The van der Waals surface area contributed by atoms with Gasteiger partial charge < -0.3 is 15.0 Å². The summed E-state index contributed by atoms with van der Waals surface area (Å²) in [5, 5.41) is 1.48. The monoisotopic (exact) mass is 358 g/mol. The Morgan fingerprint density at radius 3 is 2.55 bits per heavy atom. The first kappa shape index (κ1) is 14.7. The second kappa shape index (κ2) is 5.85. The van der Waals surface area contributed by atoms with Crippen LogP contribution in [0.4, 0.5) is 5.69 Å². The van der Waals surface area contributed by atoms with Crippen LogP contribution in [0.15, 0.2) is 57.9 Å². The number of hydrogen-bond acceptors (Lipinski definition) is 3. The van der Waals surface area contributed by atoms with Gasteiger partial charge in [-0.15, -0.1) is 0 Å². The first-order chi connectivity index (χ1) is 10.6. The number of halogens is 1. The van der Waals surface area contributed by atoms with Gasteiger partial charge >= 0.3 is 0 Å². The maximum absolute atomic E-state index is 12.6. The largest absolute Gasteiger partial charge is 0.497 e. The molecule has 0 radical (unpaired) electrons. The molecule has 3 rings (SSSR count). The van der Waals surface area contributed by atoms with Gasteiger partial charge in [-0.3, -0.25) is 4.79 Å². The van der Waals surface area contributed by atoms with Gasteiger partial charge in [-0.25, -0.2) is 0 Å². The van der Waals surface area contributed by atoms with Crippen LogP contribution in [0.2, 0.25) is 0 Å². The first-order valence-electron chi connectivity index (χ1n) is 6.79. The van der Waals surface area contributed by atoms with E-state index in [9.17, 15) is 4.79 Å². The highest BCUT2D eigenvalue weighted by atomic mass is 79.9. The molecule has 1 aromatic heterocycles. The summed E-state index contributed by atoms with van der Waals surface area (Å²) in [4.78, 5) is 12.6. The predicted molar refractivity (Wildman–Crippen MR) is 92.4 cm³/mol. The SMILES string of the molecule is COc1ccc(Cn2cc(Br)c3ccc(N)cc3c2=O)cc1. The number of nitrogen functional groups attached to an aromatic ring is 1. The van der Waals surface area contributed by atoms with Crippen molar-refractivity contribution >= 4 is 32.4 Å². The van der Waals surface area contributed by atoms with Crippen LogP contribution in [0, 0.1) is 0 Å². The number of aromatic nitrogens is 1. The summed E-state index contributed by atoms with van der Waals surface area (Å²) in [6.45, 7) is 0.492. The molecule has 2 aromatic carbocycles. The second-order valence-electron chi connectivity index (χ2n) is 5.06. The van der Waals surface area contributed by atoms with Gasteiger partial charge in [-0.1, -0.05) is 18.2 Å². The fraction of sp³-hybridized carbons (Fsp3) is 0.118. The number of methoxy groups -OCH3 is 1. The van der Waals surface area contributed by atoms with Gasteiger partial charge in [0, 0.05) is 21.7 Å². The smallest absolute Gasteiger partial charge is 0.258 e. The van der Waals surface area contributed by atoms with E-state index in [1.54, 1.807) is 23.8 Å². The van der Waals surface area contributed by atoms with Crippen molar-refractivity contribution in [3.8, 4) is 5.75 Å². The van der Waals surface area contributed by atoms with Gasteiger partial charge in [0.15, 0.2) is 0 Å². The van der Waals surface area contributed by atoms with Crippen LogP contribution in [0.25, 0.3) is 10.8 Å². The van der Waals surface area contributed by atoms with Crippen LogP contribution in [0.5, 0.6) is 5.75 Å². The molecule has 0 aliphatic heterocycles. The van der Waals surface area contributed by atoms with E-state index >= 15 is 0 Å². The summed E-state index contributed by atoms with van der Waals surface area (Å²) in [6, 6.07) is 13.0. The van der Waals surface area contributed by atoms with Crippen molar-refractivity contribution in [1.82, 2.24) is 4.57 Å². The minimum Gasteiger partial charge on any atom is -0.497 e. The van der Waals surface area contributed by atoms with Crippen LogP contribution < -0.4 is 16.0 Å². The van der Waals surface area contributed by atoms with E-state index in [2.05, 4.69) is 15.9 Å². The molecular formula is C17H15BrN2O2. The molecule has 0 aliphatic rings. The summed E-state index contributed by atoms with van der Waals surface area (Å²) in [5.74, 6) is 0.795. The standard InChI is InChI=1S/C17H15BrN2O2/c1-22-13-5-2-11(3-6-13)9-20-10-16(18)14-7-4-12(19)8-15(14)17(20)21/h2-8,10H,9,19H2,1H3. The molecule has 112 valence electrons. The fourth-order valence-electron chi connectivity index (χ4n) is 2.41. The minimum absolute atomic E-state index is 0.0543. The summed E-state index contributed by atoms with van der Waals surface area (Å²) in [5.41, 5.74) is 7.35. The number of anilines is 1. The van der Waals surface area contributed by atoms with Crippen LogP contribution in [0.1, 0.15) is 5.56 Å². The van der Waals surface area contributed by atoms with Gasteiger partial charge in [0.2, 0.25) is 0 Å². The van der Waals surface area contributed by atoms with E-state index in [0.717, 1.165) is 21.2 Å². The number of hydrogen-bond donors (Lipinski definition) is 1. The molecule has 5 heteroatoms. The van der Waals surface area contributed by atoms with E-state index in [-0.39, 0.29) is 5.56 Å². The zero-order chi connectivity index (χ0) is 15.7. The van der Waals surface area contributed by atoms with Crippen molar-refractivity contribution in [2.24, 2.45) is 0 Å². The Labute approximate surface area is 136 Å².